The van der Waals surface area contributed by atoms with Gasteiger partial charge in [-0.1, -0.05) is 0 Å². The van der Waals surface area contributed by atoms with Crippen molar-refractivity contribution in [1.82, 2.24) is 19.1 Å². The van der Waals surface area contributed by atoms with E-state index in [1.165, 1.54) is 6.07 Å². The molecular formula is C14H13BrClFN4. The van der Waals surface area contributed by atoms with Gasteiger partial charge >= 0.3 is 0 Å². The molecule has 110 valence electrons. The van der Waals surface area contributed by atoms with Gasteiger partial charge < -0.3 is 9.13 Å². The SMILES string of the molecule is Fc1cc2nc(CCCl)n(CCn3ccnc3)c2cc1Br. The van der Waals surface area contributed by atoms with E-state index in [0.29, 0.717) is 22.3 Å². The summed E-state index contributed by atoms with van der Waals surface area (Å²) >= 11 is 9.08. The molecule has 4 nitrogen and oxygen atoms in total. The molecule has 3 aromatic rings. The largest absolute Gasteiger partial charge is 0.336 e. The number of hydrogen-bond acceptors (Lipinski definition) is 2. The van der Waals surface area contributed by atoms with Gasteiger partial charge in [0.2, 0.25) is 0 Å². The highest BCUT2D eigenvalue weighted by atomic mass is 79.9. The molecule has 0 saturated carbocycles. The predicted octanol–water partition coefficient (Wildman–Crippen LogP) is 3.62. The quantitative estimate of drug-likeness (QED) is 0.642. The lowest BCUT2D eigenvalue weighted by molar-refractivity contribution is 0.571. The summed E-state index contributed by atoms with van der Waals surface area (Å²) in [6.07, 6.45) is 6.09. The van der Waals surface area contributed by atoms with E-state index in [1.807, 2.05) is 10.8 Å². The van der Waals surface area contributed by atoms with E-state index in [9.17, 15) is 4.39 Å². The number of benzene rings is 1. The Hall–Kier alpha value is -1.40. The van der Waals surface area contributed by atoms with Crippen molar-refractivity contribution in [3.8, 4) is 0 Å². The molecule has 0 aliphatic heterocycles. The second-order valence-corrected chi connectivity index (χ2v) is 5.91. The Labute approximate surface area is 134 Å². The van der Waals surface area contributed by atoms with Crippen molar-refractivity contribution in [2.75, 3.05) is 5.88 Å². The zero-order valence-corrected chi connectivity index (χ0v) is 13.5. The maximum absolute atomic E-state index is 13.7. The summed E-state index contributed by atoms with van der Waals surface area (Å²) < 4.78 is 18.2. The first-order chi connectivity index (χ1) is 10.2. The fourth-order valence-electron chi connectivity index (χ4n) is 2.33. The molecule has 0 bridgehead atoms. The minimum Gasteiger partial charge on any atom is -0.336 e. The van der Waals surface area contributed by atoms with E-state index >= 15 is 0 Å². The molecule has 0 unspecified atom stereocenters. The van der Waals surface area contributed by atoms with Crippen LogP contribution in [0.15, 0.2) is 35.3 Å². The molecule has 0 saturated heterocycles. The van der Waals surface area contributed by atoms with Crippen LogP contribution in [0.1, 0.15) is 5.82 Å². The molecule has 3 rings (SSSR count). The Morgan fingerprint density at radius 3 is 2.86 bits per heavy atom. The van der Waals surface area contributed by atoms with Gasteiger partial charge in [0.05, 0.1) is 21.8 Å². The van der Waals surface area contributed by atoms with E-state index in [0.717, 1.165) is 24.4 Å². The number of fused-ring (bicyclic) bond motifs is 1. The minimum absolute atomic E-state index is 0.306. The second kappa shape index (κ2) is 6.15. The van der Waals surface area contributed by atoms with Crippen molar-refractivity contribution >= 4 is 38.6 Å². The highest BCUT2D eigenvalue weighted by molar-refractivity contribution is 9.10. The highest BCUT2D eigenvalue weighted by Gasteiger charge is 2.13. The Bertz CT molecular complexity index is 754. The molecule has 0 aliphatic carbocycles. The van der Waals surface area contributed by atoms with Crippen LogP contribution in [0.2, 0.25) is 0 Å². The monoisotopic (exact) mass is 370 g/mol. The van der Waals surface area contributed by atoms with Crippen LogP contribution in [0.3, 0.4) is 0 Å². The van der Waals surface area contributed by atoms with Crippen LogP contribution in [0.5, 0.6) is 0 Å². The smallest absolute Gasteiger partial charge is 0.139 e. The first-order valence-electron chi connectivity index (χ1n) is 6.55. The second-order valence-electron chi connectivity index (χ2n) is 4.67. The van der Waals surface area contributed by atoms with Crippen LogP contribution < -0.4 is 0 Å². The highest BCUT2D eigenvalue weighted by Crippen LogP contribution is 2.24. The molecule has 2 heterocycles. The van der Waals surface area contributed by atoms with Gasteiger partial charge in [0.1, 0.15) is 11.6 Å². The van der Waals surface area contributed by atoms with Crippen LogP contribution in [0, 0.1) is 5.82 Å². The Morgan fingerprint density at radius 1 is 1.29 bits per heavy atom. The molecule has 0 aliphatic rings. The molecule has 0 radical (unpaired) electrons. The number of alkyl halides is 1. The average Bonchev–Trinajstić information content (AvgIpc) is 3.06. The van der Waals surface area contributed by atoms with Crippen molar-refractivity contribution in [1.29, 1.82) is 0 Å². The summed E-state index contributed by atoms with van der Waals surface area (Å²) in [6.45, 7) is 1.51. The molecule has 0 fully saturated rings. The topological polar surface area (TPSA) is 35.6 Å². The number of halogens is 3. The Kier molecular flexibility index (Phi) is 4.26. The summed E-state index contributed by atoms with van der Waals surface area (Å²) in [5.41, 5.74) is 1.56. The van der Waals surface area contributed by atoms with Crippen LogP contribution in [0.25, 0.3) is 11.0 Å². The Balaban J connectivity index is 2.00. The zero-order chi connectivity index (χ0) is 14.8. The van der Waals surface area contributed by atoms with Crippen molar-refractivity contribution in [2.24, 2.45) is 0 Å². The van der Waals surface area contributed by atoms with Crippen LogP contribution in [-0.2, 0) is 19.5 Å². The van der Waals surface area contributed by atoms with Crippen molar-refractivity contribution in [3.05, 3.63) is 47.0 Å². The number of rotatable bonds is 5. The van der Waals surface area contributed by atoms with Gasteiger partial charge in [0.25, 0.3) is 0 Å². The lowest BCUT2D eigenvalue weighted by Gasteiger charge is -2.09. The van der Waals surface area contributed by atoms with Gasteiger partial charge in [0, 0.05) is 43.9 Å². The summed E-state index contributed by atoms with van der Waals surface area (Å²) in [6, 6.07) is 3.22. The van der Waals surface area contributed by atoms with Crippen LogP contribution >= 0.6 is 27.5 Å². The molecule has 0 spiro atoms. The average molecular weight is 372 g/mol. The third kappa shape index (κ3) is 2.96. The first kappa shape index (κ1) is 14.5. The van der Waals surface area contributed by atoms with E-state index in [-0.39, 0.29) is 5.82 Å². The van der Waals surface area contributed by atoms with E-state index in [4.69, 9.17) is 11.6 Å². The van der Waals surface area contributed by atoms with E-state index < -0.39 is 0 Å². The molecule has 0 atom stereocenters. The van der Waals surface area contributed by atoms with Crippen molar-refractivity contribution < 1.29 is 4.39 Å². The maximum Gasteiger partial charge on any atom is 0.139 e. The number of imidazole rings is 2. The summed E-state index contributed by atoms with van der Waals surface area (Å²) in [4.78, 5) is 8.53. The van der Waals surface area contributed by atoms with Crippen molar-refractivity contribution in [3.63, 3.8) is 0 Å². The minimum atomic E-state index is -0.306. The summed E-state index contributed by atoms with van der Waals surface area (Å²) in [5, 5.41) is 0. The van der Waals surface area contributed by atoms with Crippen LogP contribution in [-0.4, -0.2) is 25.0 Å². The van der Waals surface area contributed by atoms with Gasteiger partial charge in [-0.2, -0.15) is 0 Å². The fourth-order valence-corrected chi connectivity index (χ4v) is 2.83. The number of hydrogen-bond donors (Lipinski definition) is 0. The number of nitrogens with zero attached hydrogens (tertiary/aromatic N) is 4. The molecule has 2 aromatic heterocycles. The maximum atomic E-state index is 13.7. The molecule has 7 heteroatoms. The summed E-state index contributed by atoms with van der Waals surface area (Å²) in [7, 11) is 0. The van der Waals surface area contributed by atoms with Gasteiger partial charge in [-0.05, 0) is 22.0 Å². The standard InChI is InChI=1S/C14H13BrClFN4/c15-10-7-13-12(8-11(10)17)19-14(1-2-16)21(13)6-5-20-4-3-18-9-20/h3-4,7-9H,1-2,5-6H2. The first-order valence-corrected chi connectivity index (χ1v) is 7.87. The third-order valence-corrected chi connectivity index (χ3v) is 4.13. The molecular weight excluding hydrogens is 359 g/mol. The number of aromatic nitrogens is 4. The predicted molar refractivity (Wildman–Crippen MR) is 84.0 cm³/mol. The van der Waals surface area contributed by atoms with Gasteiger partial charge in [0.15, 0.2) is 0 Å². The van der Waals surface area contributed by atoms with Crippen LogP contribution in [0.4, 0.5) is 4.39 Å². The molecule has 1 aromatic carbocycles. The van der Waals surface area contributed by atoms with E-state index in [1.54, 1.807) is 18.6 Å². The molecule has 0 N–H and O–H groups in total. The lowest BCUT2D eigenvalue weighted by atomic mass is 10.3. The fraction of sp³-hybridized carbons (Fsp3) is 0.286. The van der Waals surface area contributed by atoms with Gasteiger partial charge in [-0.15, -0.1) is 11.6 Å². The molecule has 21 heavy (non-hydrogen) atoms. The number of aryl methyl sites for hydroxylation is 3. The normalized spacial score (nSPS) is 11.4. The zero-order valence-electron chi connectivity index (χ0n) is 11.1. The van der Waals surface area contributed by atoms with Gasteiger partial charge in [-0.3, -0.25) is 0 Å². The van der Waals surface area contributed by atoms with E-state index in [2.05, 4.69) is 30.5 Å². The molecule has 0 amide bonds. The lowest BCUT2D eigenvalue weighted by Crippen LogP contribution is -2.10. The van der Waals surface area contributed by atoms with Gasteiger partial charge in [-0.25, -0.2) is 14.4 Å². The summed E-state index contributed by atoms with van der Waals surface area (Å²) in [5.74, 6) is 1.05. The third-order valence-electron chi connectivity index (χ3n) is 3.33. The van der Waals surface area contributed by atoms with Crippen molar-refractivity contribution in [2.45, 2.75) is 19.5 Å². The Morgan fingerprint density at radius 2 is 2.14 bits per heavy atom.